The summed E-state index contributed by atoms with van der Waals surface area (Å²) >= 11 is 1.68. The van der Waals surface area contributed by atoms with Gasteiger partial charge in [0.25, 0.3) is 0 Å². The van der Waals surface area contributed by atoms with Gasteiger partial charge in [-0.1, -0.05) is 12.8 Å². The molecule has 2 aromatic rings. The van der Waals surface area contributed by atoms with Crippen molar-refractivity contribution in [2.24, 2.45) is 17.6 Å². The molecule has 2 N–H and O–H groups in total. The number of nitrogens with two attached hydrogens (primary N) is 1. The van der Waals surface area contributed by atoms with Crippen LogP contribution in [0.4, 0.5) is 0 Å². The van der Waals surface area contributed by atoms with Gasteiger partial charge in [-0.2, -0.15) is 0 Å². The fourth-order valence-corrected chi connectivity index (χ4v) is 3.91. The molecule has 1 aliphatic rings. The molecule has 0 spiro atoms. The van der Waals surface area contributed by atoms with Crippen molar-refractivity contribution in [2.75, 3.05) is 13.2 Å². The standard InChI is InChI=1S/C15H21N3OS/c1-10-6-13-14(17-9-18-15(13)20-10)19-8-12-5-3-2-4-11(12)7-16/h6,9,11-12H,2-5,7-8,16H2,1H3. The second kappa shape index (κ2) is 6.06. The zero-order valence-corrected chi connectivity index (χ0v) is 12.7. The molecule has 2 aromatic heterocycles. The van der Waals surface area contributed by atoms with Gasteiger partial charge in [-0.15, -0.1) is 11.3 Å². The minimum absolute atomic E-state index is 0.568. The molecule has 20 heavy (non-hydrogen) atoms. The summed E-state index contributed by atoms with van der Waals surface area (Å²) in [6.07, 6.45) is 6.65. The normalized spacial score (nSPS) is 23.1. The number of nitrogens with zero attached hydrogens (tertiary/aromatic N) is 2. The van der Waals surface area contributed by atoms with E-state index in [4.69, 9.17) is 10.5 Å². The molecule has 1 saturated carbocycles. The molecule has 2 atom stereocenters. The molecular formula is C15H21N3OS. The highest BCUT2D eigenvalue weighted by molar-refractivity contribution is 7.18. The maximum absolute atomic E-state index is 6.00. The van der Waals surface area contributed by atoms with Crippen LogP contribution in [0.5, 0.6) is 5.88 Å². The highest BCUT2D eigenvalue weighted by atomic mass is 32.1. The van der Waals surface area contributed by atoms with Gasteiger partial charge in [0.15, 0.2) is 0 Å². The Bertz CT molecular complexity index is 584. The van der Waals surface area contributed by atoms with Crippen molar-refractivity contribution < 1.29 is 4.74 Å². The monoisotopic (exact) mass is 291 g/mol. The Labute approximate surface area is 123 Å². The maximum Gasteiger partial charge on any atom is 0.225 e. The first kappa shape index (κ1) is 13.8. The lowest BCUT2D eigenvalue weighted by Gasteiger charge is -2.30. The van der Waals surface area contributed by atoms with Crippen LogP contribution in [-0.4, -0.2) is 23.1 Å². The molecule has 2 heterocycles. The van der Waals surface area contributed by atoms with Crippen LogP contribution < -0.4 is 10.5 Å². The Morgan fingerprint density at radius 2 is 2.10 bits per heavy atom. The topological polar surface area (TPSA) is 61.0 Å². The van der Waals surface area contributed by atoms with Gasteiger partial charge >= 0.3 is 0 Å². The van der Waals surface area contributed by atoms with Crippen LogP contribution in [-0.2, 0) is 0 Å². The molecular weight excluding hydrogens is 270 g/mol. The van der Waals surface area contributed by atoms with Crippen molar-refractivity contribution in [3.63, 3.8) is 0 Å². The van der Waals surface area contributed by atoms with Crippen molar-refractivity contribution in [3.05, 3.63) is 17.3 Å². The zero-order valence-electron chi connectivity index (χ0n) is 11.8. The number of ether oxygens (including phenoxy) is 1. The van der Waals surface area contributed by atoms with Gasteiger partial charge in [0.05, 0.1) is 12.0 Å². The Kier molecular flexibility index (Phi) is 4.17. The number of aromatic nitrogens is 2. The van der Waals surface area contributed by atoms with E-state index in [0.717, 1.165) is 29.2 Å². The molecule has 108 valence electrons. The van der Waals surface area contributed by atoms with Crippen LogP contribution in [0.3, 0.4) is 0 Å². The summed E-state index contributed by atoms with van der Waals surface area (Å²) in [5, 5.41) is 1.04. The molecule has 5 heteroatoms. The number of thiophene rings is 1. The Hall–Kier alpha value is -1.20. The fourth-order valence-electron chi connectivity index (χ4n) is 3.07. The summed E-state index contributed by atoms with van der Waals surface area (Å²) in [7, 11) is 0. The van der Waals surface area contributed by atoms with Gasteiger partial charge in [-0.25, -0.2) is 9.97 Å². The fraction of sp³-hybridized carbons (Fsp3) is 0.600. The zero-order chi connectivity index (χ0) is 13.9. The van der Waals surface area contributed by atoms with Gasteiger partial charge in [-0.3, -0.25) is 0 Å². The maximum atomic E-state index is 6.00. The number of hydrogen-bond acceptors (Lipinski definition) is 5. The molecule has 0 amide bonds. The van der Waals surface area contributed by atoms with Crippen molar-refractivity contribution in [3.8, 4) is 5.88 Å². The van der Waals surface area contributed by atoms with Gasteiger partial charge in [0.1, 0.15) is 11.2 Å². The van der Waals surface area contributed by atoms with Gasteiger partial charge in [0, 0.05) is 4.88 Å². The van der Waals surface area contributed by atoms with E-state index in [1.54, 1.807) is 17.7 Å². The molecule has 1 aliphatic carbocycles. The molecule has 0 bridgehead atoms. The SMILES string of the molecule is Cc1cc2c(OCC3CCCCC3CN)ncnc2s1. The van der Waals surface area contributed by atoms with E-state index < -0.39 is 0 Å². The van der Waals surface area contributed by atoms with E-state index in [1.807, 2.05) is 0 Å². The molecule has 0 saturated heterocycles. The summed E-state index contributed by atoms with van der Waals surface area (Å²) in [6, 6.07) is 2.11. The third-order valence-electron chi connectivity index (χ3n) is 4.22. The predicted molar refractivity (Wildman–Crippen MR) is 82.1 cm³/mol. The Morgan fingerprint density at radius 3 is 2.90 bits per heavy atom. The van der Waals surface area contributed by atoms with Crippen molar-refractivity contribution >= 4 is 21.6 Å². The minimum atomic E-state index is 0.568. The summed E-state index contributed by atoms with van der Waals surface area (Å²) < 4.78 is 6.00. The third-order valence-corrected chi connectivity index (χ3v) is 5.18. The first-order valence-electron chi connectivity index (χ1n) is 7.32. The van der Waals surface area contributed by atoms with E-state index in [1.165, 1.54) is 30.6 Å². The summed E-state index contributed by atoms with van der Waals surface area (Å²) in [5.74, 6) is 1.89. The number of fused-ring (bicyclic) bond motifs is 1. The lowest BCUT2D eigenvalue weighted by molar-refractivity contribution is 0.151. The molecule has 4 nitrogen and oxygen atoms in total. The first-order chi connectivity index (χ1) is 9.78. The van der Waals surface area contributed by atoms with Crippen LogP contribution in [0.25, 0.3) is 10.2 Å². The van der Waals surface area contributed by atoms with E-state index in [0.29, 0.717) is 11.8 Å². The summed E-state index contributed by atoms with van der Waals surface area (Å²) in [6.45, 7) is 3.58. The number of hydrogen-bond donors (Lipinski definition) is 1. The smallest absolute Gasteiger partial charge is 0.225 e. The predicted octanol–water partition coefficient (Wildman–Crippen LogP) is 3.14. The Morgan fingerprint density at radius 1 is 1.30 bits per heavy atom. The van der Waals surface area contributed by atoms with Crippen LogP contribution >= 0.6 is 11.3 Å². The molecule has 1 fully saturated rings. The first-order valence-corrected chi connectivity index (χ1v) is 8.13. The van der Waals surface area contributed by atoms with Crippen LogP contribution in [0.2, 0.25) is 0 Å². The van der Waals surface area contributed by atoms with E-state index in [9.17, 15) is 0 Å². The van der Waals surface area contributed by atoms with Crippen LogP contribution in [0, 0.1) is 18.8 Å². The lowest BCUT2D eigenvalue weighted by atomic mass is 9.80. The average Bonchev–Trinajstić information content (AvgIpc) is 2.86. The highest BCUT2D eigenvalue weighted by Gasteiger charge is 2.24. The average molecular weight is 291 g/mol. The molecule has 2 unspecified atom stereocenters. The third kappa shape index (κ3) is 2.79. The molecule has 3 rings (SSSR count). The van der Waals surface area contributed by atoms with Crippen LogP contribution in [0.15, 0.2) is 12.4 Å². The molecule has 0 aromatic carbocycles. The van der Waals surface area contributed by atoms with Crippen LogP contribution in [0.1, 0.15) is 30.6 Å². The lowest BCUT2D eigenvalue weighted by Crippen LogP contribution is -2.30. The number of aryl methyl sites for hydroxylation is 1. The van der Waals surface area contributed by atoms with Crippen molar-refractivity contribution in [2.45, 2.75) is 32.6 Å². The van der Waals surface area contributed by atoms with Crippen molar-refractivity contribution in [1.29, 1.82) is 0 Å². The summed E-state index contributed by atoms with van der Waals surface area (Å²) in [5.41, 5.74) is 5.88. The summed E-state index contributed by atoms with van der Waals surface area (Å²) in [4.78, 5) is 10.8. The van der Waals surface area contributed by atoms with Gasteiger partial charge in [-0.05, 0) is 44.2 Å². The second-order valence-electron chi connectivity index (χ2n) is 5.61. The van der Waals surface area contributed by atoms with Gasteiger partial charge < -0.3 is 10.5 Å². The quantitative estimate of drug-likeness (QED) is 0.940. The highest BCUT2D eigenvalue weighted by Crippen LogP contribution is 2.32. The molecule has 0 radical (unpaired) electrons. The van der Waals surface area contributed by atoms with E-state index in [2.05, 4.69) is 23.0 Å². The second-order valence-corrected chi connectivity index (χ2v) is 6.84. The van der Waals surface area contributed by atoms with Crippen molar-refractivity contribution in [1.82, 2.24) is 9.97 Å². The largest absolute Gasteiger partial charge is 0.477 e. The number of rotatable bonds is 4. The molecule has 0 aliphatic heterocycles. The van der Waals surface area contributed by atoms with Gasteiger partial charge in [0.2, 0.25) is 5.88 Å². The van der Waals surface area contributed by atoms with E-state index >= 15 is 0 Å². The Balaban J connectivity index is 1.73. The minimum Gasteiger partial charge on any atom is -0.477 e. The van der Waals surface area contributed by atoms with E-state index in [-0.39, 0.29) is 0 Å².